The number of likely N-dealkylation sites (tertiary alicyclic amines) is 1. The molecule has 3 nitrogen and oxygen atoms in total. The lowest BCUT2D eigenvalue weighted by Gasteiger charge is -2.33. The van der Waals surface area contributed by atoms with E-state index in [1.807, 2.05) is 0 Å². The second-order valence-electron chi connectivity index (χ2n) is 8.47. The molecule has 0 aromatic heterocycles. The highest BCUT2D eigenvalue weighted by atomic mass is 35.5. The third kappa shape index (κ3) is 5.20. The molecule has 0 amide bonds. The number of alkyl halides is 2. The molecule has 1 saturated heterocycles. The molecule has 25 heavy (non-hydrogen) atoms. The Morgan fingerprint density at radius 2 is 1.52 bits per heavy atom. The van der Waals surface area contributed by atoms with Gasteiger partial charge in [-0.05, 0) is 44.9 Å². The smallest absolute Gasteiger partial charge is 0.189 e. The van der Waals surface area contributed by atoms with Gasteiger partial charge in [-0.3, -0.25) is 9.59 Å². The summed E-state index contributed by atoms with van der Waals surface area (Å²) in [6.45, 7) is 2.45. The number of carbonyl (C=O) groups is 2. The molecule has 0 bridgehead atoms. The fourth-order valence-electron chi connectivity index (χ4n) is 5.04. The zero-order valence-corrected chi connectivity index (χ0v) is 16.7. The molecule has 1 heterocycles. The van der Waals surface area contributed by atoms with E-state index >= 15 is 0 Å². The Kier molecular flexibility index (Phi) is 7.22. The number of piperidine rings is 1. The molecule has 0 spiro atoms. The molecular formula is C20H32Cl2NO2+. The minimum absolute atomic E-state index is 0.00513. The molecule has 1 N–H and O–H groups in total. The molecule has 5 heteroatoms. The number of nitrogens with one attached hydrogen (secondary N) is 1. The summed E-state index contributed by atoms with van der Waals surface area (Å²) >= 11 is 12.4. The molecule has 3 aliphatic rings. The minimum Gasteiger partial charge on any atom is -0.328 e. The first kappa shape index (κ1) is 19.6. The molecule has 5 unspecified atom stereocenters. The lowest BCUT2D eigenvalue weighted by atomic mass is 9.79. The van der Waals surface area contributed by atoms with Gasteiger partial charge in [0.25, 0.3) is 0 Å². The number of quaternary nitrogens is 1. The summed E-state index contributed by atoms with van der Waals surface area (Å²) in [4.78, 5) is 26.8. The topological polar surface area (TPSA) is 38.6 Å². The van der Waals surface area contributed by atoms with Crippen molar-refractivity contribution in [1.29, 1.82) is 0 Å². The van der Waals surface area contributed by atoms with Crippen molar-refractivity contribution in [2.24, 2.45) is 17.8 Å². The number of Topliss-reactive ketones (excluding diaryl/α,β-unsaturated/α-hetero) is 2. The molecule has 2 aliphatic carbocycles. The van der Waals surface area contributed by atoms with E-state index in [-0.39, 0.29) is 22.6 Å². The minimum atomic E-state index is -0.0821. The Morgan fingerprint density at radius 3 is 2.24 bits per heavy atom. The monoisotopic (exact) mass is 388 g/mol. The van der Waals surface area contributed by atoms with Crippen molar-refractivity contribution in [3.63, 3.8) is 0 Å². The van der Waals surface area contributed by atoms with E-state index in [0.717, 1.165) is 51.6 Å². The van der Waals surface area contributed by atoms with Gasteiger partial charge in [-0.2, -0.15) is 0 Å². The molecule has 0 aromatic rings. The maximum Gasteiger partial charge on any atom is 0.189 e. The van der Waals surface area contributed by atoms with Crippen LogP contribution >= 0.6 is 23.2 Å². The summed E-state index contributed by atoms with van der Waals surface area (Å²) in [6.07, 6.45) is 10.4. The highest BCUT2D eigenvalue weighted by Gasteiger charge is 2.36. The molecule has 1 aliphatic heterocycles. The summed E-state index contributed by atoms with van der Waals surface area (Å²) in [5.41, 5.74) is 0. The maximum atomic E-state index is 12.8. The van der Waals surface area contributed by atoms with Gasteiger partial charge in [0.15, 0.2) is 5.78 Å². The molecular weight excluding hydrogens is 357 g/mol. The molecule has 142 valence electrons. The van der Waals surface area contributed by atoms with Crippen LogP contribution in [0.1, 0.15) is 64.2 Å². The van der Waals surface area contributed by atoms with Crippen molar-refractivity contribution >= 4 is 34.8 Å². The van der Waals surface area contributed by atoms with Crippen LogP contribution in [0, 0.1) is 17.8 Å². The van der Waals surface area contributed by atoms with Crippen molar-refractivity contribution in [3.05, 3.63) is 0 Å². The van der Waals surface area contributed by atoms with Crippen LogP contribution in [0.2, 0.25) is 0 Å². The summed E-state index contributed by atoms with van der Waals surface area (Å²) < 4.78 is 0. The van der Waals surface area contributed by atoms with Gasteiger partial charge in [-0.1, -0.05) is 19.3 Å². The van der Waals surface area contributed by atoms with Crippen LogP contribution in [0.15, 0.2) is 0 Å². The van der Waals surface area contributed by atoms with E-state index in [9.17, 15) is 9.59 Å². The zero-order valence-electron chi connectivity index (χ0n) is 15.2. The molecule has 2 saturated carbocycles. The van der Waals surface area contributed by atoms with E-state index < -0.39 is 0 Å². The Morgan fingerprint density at radius 1 is 0.800 bits per heavy atom. The van der Waals surface area contributed by atoms with E-state index in [0.29, 0.717) is 30.4 Å². The summed E-state index contributed by atoms with van der Waals surface area (Å²) in [5.74, 6) is 1.37. The lowest BCUT2D eigenvalue weighted by molar-refractivity contribution is -0.899. The highest BCUT2D eigenvalue weighted by molar-refractivity contribution is 6.30. The van der Waals surface area contributed by atoms with Gasteiger partial charge in [-0.25, -0.2) is 0 Å². The van der Waals surface area contributed by atoms with E-state index in [2.05, 4.69) is 0 Å². The standard InChI is InChI=1S/C20H31Cl2NO2/c21-17-9-8-15(11-18(17)22)19(24)13-23-10-4-7-16(12-23)20(25)14-5-2-1-3-6-14/h14-18H,1-13H2/p+1. The normalized spacial score (nSPS) is 37.6. The Labute approximate surface area is 161 Å². The number of rotatable bonds is 5. The van der Waals surface area contributed by atoms with Crippen molar-refractivity contribution in [2.45, 2.75) is 75.0 Å². The van der Waals surface area contributed by atoms with Gasteiger partial charge in [0.05, 0.1) is 24.4 Å². The third-order valence-electron chi connectivity index (χ3n) is 6.60. The molecule has 0 radical (unpaired) electrons. The Balaban J connectivity index is 1.49. The van der Waals surface area contributed by atoms with E-state index in [1.54, 1.807) is 0 Å². The first-order chi connectivity index (χ1) is 12.0. The lowest BCUT2D eigenvalue weighted by Crippen LogP contribution is -3.14. The summed E-state index contributed by atoms with van der Waals surface area (Å²) in [6, 6.07) is 0. The van der Waals surface area contributed by atoms with Crippen LogP contribution in [0.25, 0.3) is 0 Å². The van der Waals surface area contributed by atoms with Crippen molar-refractivity contribution in [2.75, 3.05) is 19.6 Å². The Hall–Kier alpha value is -0.120. The van der Waals surface area contributed by atoms with Crippen LogP contribution in [0.5, 0.6) is 0 Å². The maximum absolute atomic E-state index is 12.8. The van der Waals surface area contributed by atoms with E-state index in [1.165, 1.54) is 24.2 Å². The number of hydrogen-bond donors (Lipinski definition) is 1. The molecule has 0 aromatic carbocycles. The summed E-state index contributed by atoms with van der Waals surface area (Å²) in [5, 5.41) is -0.0769. The number of ketones is 2. The van der Waals surface area contributed by atoms with Crippen LogP contribution in [0.4, 0.5) is 0 Å². The predicted molar refractivity (Wildman–Crippen MR) is 101 cm³/mol. The second-order valence-corrected chi connectivity index (χ2v) is 9.59. The van der Waals surface area contributed by atoms with Crippen molar-refractivity contribution < 1.29 is 14.5 Å². The quantitative estimate of drug-likeness (QED) is 0.735. The van der Waals surface area contributed by atoms with Gasteiger partial charge >= 0.3 is 0 Å². The molecule has 3 rings (SSSR count). The van der Waals surface area contributed by atoms with Crippen LogP contribution in [0.3, 0.4) is 0 Å². The number of halogens is 2. The number of hydrogen-bond acceptors (Lipinski definition) is 2. The van der Waals surface area contributed by atoms with Crippen LogP contribution in [-0.2, 0) is 9.59 Å². The van der Waals surface area contributed by atoms with Gasteiger partial charge in [0, 0.05) is 17.2 Å². The largest absolute Gasteiger partial charge is 0.328 e. The Bertz CT molecular complexity index is 478. The molecule has 3 fully saturated rings. The average Bonchev–Trinajstić information content (AvgIpc) is 2.64. The van der Waals surface area contributed by atoms with Gasteiger partial charge in [-0.15, -0.1) is 23.2 Å². The van der Waals surface area contributed by atoms with Gasteiger partial charge < -0.3 is 4.90 Å². The van der Waals surface area contributed by atoms with E-state index in [4.69, 9.17) is 23.2 Å². The van der Waals surface area contributed by atoms with Crippen LogP contribution in [-0.4, -0.2) is 42.0 Å². The zero-order chi connectivity index (χ0) is 17.8. The first-order valence-corrected chi connectivity index (χ1v) is 11.1. The van der Waals surface area contributed by atoms with Crippen molar-refractivity contribution in [3.8, 4) is 0 Å². The summed E-state index contributed by atoms with van der Waals surface area (Å²) in [7, 11) is 0. The second kappa shape index (κ2) is 9.19. The molecule has 5 atom stereocenters. The number of carbonyl (C=O) groups excluding carboxylic acids is 2. The first-order valence-electron chi connectivity index (χ1n) is 10.2. The predicted octanol–water partition coefficient (Wildman–Crippen LogP) is 3.01. The third-order valence-corrected chi connectivity index (χ3v) is 7.73. The van der Waals surface area contributed by atoms with Crippen molar-refractivity contribution in [1.82, 2.24) is 0 Å². The van der Waals surface area contributed by atoms with Gasteiger partial charge in [0.2, 0.25) is 0 Å². The fraction of sp³-hybridized carbons (Fsp3) is 0.900. The van der Waals surface area contributed by atoms with Crippen LogP contribution < -0.4 is 4.90 Å². The average molecular weight is 389 g/mol. The van der Waals surface area contributed by atoms with Gasteiger partial charge in [0.1, 0.15) is 12.3 Å². The highest BCUT2D eigenvalue weighted by Crippen LogP contribution is 2.32. The fourth-order valence-corrected chi connectivity index (χ4v) is 5.61. The SMILES string of the molecule is O=C(C[NH+]1CCCC(C(=O)C2CCCCC2)C1)C1CCC(Cl)C(Cl)C1.